The van der Waals surface area contributed by atoms with Crippen LogP contribution in [0.2, 0.25) is 10.0 Å². The fraction of sp³-hybridized carbons (Fsp3) is 0.250. The van der Waals surface area contributed by atoms with Crippen LogP contribution in [0.5, 0.6) is 0 Å². The van der Waals surface area contributed by atoms with Gasteiger partial charge in [-0.15, -0.1) is 0 Å². The molecule has 0 aromatic heterocycles. The Hall–Kier alpha value is -0.990. The number of nitrogens with zero attached hydrogens (tertiary/aromatic N) is 2. The molecule has 4 heteroatoms. The van der Waals surface area contributed by atoms with E-state index in [0.717, 1.165) is 11.3 Å². The average molecular weight is 257 g/mol. The van der Waals surface area contributed by atoms with Gasteiger partial charge in [-0.3, -0.25) is 4.99 Å². The zero-order chi connectivity index (χ0) is 12.1. The van der Waals surface area contributed by atoms with E-state index in [-0.39, 0.29) is 0 Å². The van der Waals surface area contributed by atoms with E-state index in [1.165, 1.54) is 0 Å². The molecular formula is C12H14Cl2N2. The van der Waals surface area contributed by atoms with E-state index in [9.17, 15) is 0 Å². The minimum atomic E-state index is 0.557. The maximum Gasteiger partial charge on any atom is 0.0816 e. The Morgan fingerprint density at radius 1 is 1.31 bits per heavy atom. The molecule has 0 N–H and O–H groups in total. The monoisotopic (exact) mass is 256 g/mol. The molecule has 0 unspecified atom stereocenters. The van der Waals surface area contributed by atoms with Gasteiger partial charge in [-0.05, 0) is 30.7 Å². The van der Waals surface area contributed by atoms with Crippen molar-refractivity contribution in [3.05, 3.63) is 40.0 Å². The first-order valence-corrected chi connectivity index (χ1v) is 5.58. The largest absolute Gasteiger partial charge is 0.383 e. The predicted octanol–water partition coefficient (Wildman–Crippen LogP) is 4.16. The quantitative estimate of drug-likeness (QED) is 0.742. The van der Waals surface area contributed by atoms with E-state index >= 15 is 0 Å². The van der Waals surface area contributed by atoms with Gasteiger partial charge in [0.25, 0.3) is 0 Å². The molecule has 0 radical (unpaired) electrons. The van der Waals surface area contributed by atoms with Gasteiger partial charge in [-0.1, -0.05) is 23.2 Å². The van der Waals surface area contributed by atoms with Crippen LogP contribution in [0, 0.1) is 0 Å². The first-order chi connectivity index (χ1) is 7.49. The number of aliphatic imine (C=N–C) groups is 1. The van der Waals surface area contributed by atoms with Crippen molar-refractivity contribution in [2.24, 2.45) is 4.99 Å². The van der Waals surface area contributed by atoms with E-state index in [1.54, 1.807) is 24.4 Å². The number of benzene rings is 1. The molecule has 0 bridgehead atoms. The van der Waals surface area contributed by atoms with Crippen LogP contribution in [0.3, 0.4) is 0 Å². The lowest BCUT2D eigenvalue weighted by Gasteiger charge is -2.04. The minimum Gasteiger partial charge on any atom is -0.383 e. The van der Waals surface area contributed by atoms with Crippen LogP contribution < -0.4 is 0 Å². The molecule has 1 aromatic rings. The van der Waals surface area contributed by atoms with Crippen molar-refractivity contribution in [1.82, 2.24) is 4.90 Å². The van der Waals surface area contributed by atoms with Crippen LogP contribution in [0.1, 0.15) is 6.92 Å². The first-order valence-electron chi connectivity index (χ1n) is 4.83. The molecule has 86 valence electrons. The van der Waals surface area contributed by atoms with Crippen molar-refractivity contribution in [3.63, 3.8) is 0 Å². The second-order valence-corrected chi connectivity index (χ2v) is 4.53. The second kappa shape index (κ2) is 5.92. The lowest BCUT2D eigenvalue weighted by atomic mass is 10.3. The third-order valence-corrected chi connectivity index (χ3v) is 2.32. The van der Waals surface area contributed by atoms with E-state index in [4.69, 9.17) is 23.2 Å². The van der Waals surface area contributed by atoms with Crippen molar-refractivity contribution < 1.29 is 0 Å². The molecule has 1 rings (SSSR count). The highest BCUT2D eigenvalue weighted by molar-refractivity contribution is 6.36. The normalized spacial score (nSPS) is 12.2. The Bertz CT molecular complexity index is 423. The smallest absolute Gasteiger partial charge is 0.0816 e. The summed E-state index contributed by atoms with van der Waals surface area (Å²) < 4.78 is 0. The van der Waals surface area contributed by atoms with Crippen molar-refractivity contribution in [3.8, 4) is 0 Å². The molecule has 0 saturated heterocycles. The van der Waals surface area contributed by atoms with Gasteiger partial charge in [0.2, 0.25) is 0 Å². The highest BCUT2D eigenvalue weighted by Gasteiger charge is 1.98. The van der Waals surface area contributed by atoms with E-state index in [0.29, 0.717) is 10.0 Å². The molecule has 0 saturated carbocycles. The second-order valence-electron chi connectivity index (χ2n) is 3.69. The summed E-state index contributed by atoms with van der Waals surface area (Å²) in [6, 6.07) is 5.25. The van der Waals surface area contributed by atoms with Gasteiger partial charge in [-0.25, -0.2) is 0 Å². The summed E-state index contributed by atoms with van der Waals surface area (Å²) in [5.74, 6) is 0. The summed E-state index contributed by atoms with van der Waals surface area (Å²) in [7, 11) is 3.93. The van der Waals surface area contributed by atoms with Crippen LogP contribution in [0.4, 0.5) is 5.69 Å². The summed E-state index contributed by atoms with van der Waals surface area (Å²) in [5.41, 5.74) is 1.77. The van der Waals surface area contributed by atoms with Gasteiger partial charge in [0.1, 0.15) is 0 Å². The number of rotatable bonds is 3. The summed E-state index contributed by atoms with van der Waals surface area (Å²) in [5, 5.41) is 1.17. The molecular weight excluding hydrogens is 243 g/mol. The fourth-order valence-corrected chi connectivity index (χ4v) is 1.66. The molecule has 0 aliphatic heterocycles. The predicted molar refractivity (Wildman–Crippen MR) is 72.1 cm³/mol. The lowest BCUT2D eigenvalue weighted by Crippen LogP contribution is -2.02. The molecule has 0 fully saturated rings. The molecule has 0 aliphatic carbocycles. The highest BCUT2D eigenvalue weighted by Crippen LogP contribution is 2.27. The van der Waals surface area contributed by atoms with E-state index < -0.39 is 0 Å². The van der Waals surface area contributed by atoms with Crippen LogP contribution in [-0.2, 0) is 0 Å². The fourth-order valence-electron chi connectivity index (χ4n) is 1.20. The van der Waals surface area contributed by atoms with Gasteiger partial charge in [-0.2, -0.15) is 0 Å². The Labute approximate surface area is 106 Å². The van der Waals surface area contributed by atoms with Crippen LogP contribution in [0.15, 0.2) is 35.0 Å². The summed E-state index contributed by atoms with van der Waals surface area (Å²) in [6.07, 6.45) is 3.75. The summed E-state index contributed by atoms with van der Waals surface area (Å²) in [4.78, 5) is 6.25. The summed E-state index contributed by atoms with van der Waals surface area (Å²) in [6.45, 7) is 1.98. The van der Waals surface area contributed by atoms with Crippen molar-refractivity contribution in [2.45, 2.75) is 6.92 Å². The number of halogens is 2. The van der Waals surface area contributed by atoms with Crippen molar-refractivity contribution in [1.29, 1.82) is 0 Å². The van der Waals surface area contributed by atoms with Gasteiger partial charge in [0.05, 0.1) is 10.7 Å². The number of allylic oxidation sites excluding steroid dienone is 1. The van der Waals surface area contributed by atoms with Gasteiger partial charge in [0, 0.05) is 31.5 Å². The molecule has 0 spiro atoms. The maximum absolute atomic E-state index is 5.99. The third kappa shape index (κ3) is 4.25. The van der Waals surface area contributed by atoms with Crippen LogP contribution >= 0.6 is 23.2 Å². The lowest BCUT2D eigenvalue weighted by molar-refractivity contribution is 0.561. The van der Waals surface area contributed by atoms with Gasteiger partial charge >= 0.3 is 0 Å². The first kappa shape index (κ1) is 13.1. The van der Waals surface area contributed by atoms with E-state index in [2.05, 4.69) is 4.99 Å². The Morgan fingerprint density at radius 2 is 2.00 bits per heavy atom. The number of hydrogen-bond acceptors (Lipinski definition) is 2. The average Bonchev–Trinajstić information content (AvgIpc) is 2.15. The van der Waals surface area contributed by atoms with E-state index in [1.807, 2.05) is 32.1 Å². The molecule has 2 nitrogen and oxygen atoms in total. The SMILES string of the molecule is C/C(C=Nc1ccc(Cl)cc1Cl)=C\N(C)C. The molecule has 0 aliphatic rings. The van der Waals surface area contributed by atoms with Crippen molar-refractivity contribution >= 4 is 35.1 Å². The highest BCUT2D eigenvalue weighted by atomic mass is 35.5. The molecule has 0 atom stereocenters. The zero-order valence-corrected chi connectivity index (χ0v) is 11.0. The summed E-state index contributed by atoms with van der Waals surface area (Å²) >= 11 is 11.8. The minimum absolute atomic E-state index is 0.557. The maximum atomic E-state index is 5.99. The molecule has 0 amide bonds. The Balaban J connectivity index is 2.84. The molecule has 0 heterocycles. The Kier molecular flexibility index (Phi) is 4.84. The third-order valence-electron chi connectivity index (χ3n) is 1.78. The molecule has 1 aromatic carbocycles. The van der Waals surface area contributed by atoms with Crippen LogP contribution in [-0.4, -0.2) is 25.2 Å². The molecule has 16 heavy (non-hydrogen) atoms. The zero-order valence-electron chi connectivity index (χ0n) is 9.54. The van der Waals surface area contributed by atoms with Crippen molar-refractivity contribution in [2.75, 3.05) is 14.1 Å². The Morgan fingerprint density at radius 3 is 2.56 bits per heavy atom. The van der Waals surface area contributed by atoms with Gasteiger partial charge in [0.15, 0.2) is 0 Å². The standard InChI is InChI=1S/C12H14Cl2N2/c1-9(8-16(2)3)7-15-12-5-4-10(13)6-11(12)14/h4-8H,1-3H3/b9-8+,15-7?. The number of hydrogen-bond donors (Lipinski definition) is 0. The van der Waals surface area contributed by atoms with Gasteiger partial charge < -0.3 is 4.90 Å². The van der Waals surface area contributed by atoms with Crippen LogP contribution in [0.25, 0.3) is 0 Å². The topological polar surface area (TPSA) is 15.6 Å².